The number of carbonyl (C=O) groups is 1. The molecule has 0 radical (unpaired) electrons. The zero-order chi connectivity index (χ0) is 17.4. The van der Waals surface area contributed by atoms with E-state index < -0.39 is 6.04 Å². The molecule has 4 nitrogen and oxygen atoms in total. The van der Waals surface area contributed by atoms with Gasteiger partial charge in [0.2, 0.25) is 5.91 Å². The molecule has 1 unspecified atom stereocenters. The molecule has 0 bridgehead atoms. The molecular formula is C19H23FN2O2. The topological polar surface area (TPSA) is 64.3 Å². The van der Waals surface area contributed by atoms with Crippen molar-refractivity contribution in [3.63, 3.8) is 0 Å². The van der Waals surface area contributed by atoms with Gasteiger partial charge in [0.05, 0.1) is 13.2 Å². The smallest absolute Gasteiger partial charge is 0.237 e. The highest BCUT2D eigenvalue weighted by atomic mass is 19.1. The summed E-state index contributed by atoms with van der Waals surface area (Å²) in [6.07, 6.45) is 1.71. The Kier molecular flexibility index (Phi) is 6.75. The summed E-state index contributed by atoms with van der Waals surface area (Å²) in [4.78, 5) is 12.0. The first-order valence-corrected chi connectivity index (χ1v) is 8.00. The van der Waals surface area contributed by atoms with Crippen LogP contribution in [0.4, 0.5) is 4.39 Å². The Labute approximate surface area is 141 Å². The first-order chi connectivity index (χ1) is 11.6. The molecule has 5 heteroatoms. The number of halogens is 1. The van der Waals surface area contributed by atoms with E-state index in [2.05, 4.69) is 5.32 Å². The zero-order valence-electron chi connectivity index (χ0n) is 13.8. The number of aryl methyl sites for hydroxylation is 1. The van der Waals surface area contributed by atoms with Crippen molar-refractivity contribution in [2.45, 2.75) is 25.3 Å². The Balaban J connectivity index is 1.72. The van der Waals surface area contributed by atoms with Crippen LogP contribution in [0.15, 0.2) is 48.5 Å². The number of hydrogen-bond acceptors (Lipinski definition) is 3. The number of methoxy groups -OCH3 is 1. The number of amides is 1. The Morgan fingerprint density at radius 1 is 1.21 bits per heavy atom. The monoisotopic (exact) mass is 330 g/mol. The summed E-state index contributed by atoms with van der Waals surface area (Å²) in [5.74, 6) is 0.365. The highest BCUT2D eigenvalue weighted by Gasteiger charge is 2.13. The van der Waals surface area contributed by atoms with Crippen LogP contribution >= 0.6 is 0 Å². The molecule has 0 aliphatic rings. The van der Waals surface area contributed by atoms with Crippen LogP contribution in [0, 0.1) is 5.82 Å². The van der Waals surface area contributed by atoms with Gasteiger partial charge in [-0.25, -0.2) is 4.39 Å². The molecule has 0 heterocycles. The standard InChI is InChI=1S/C19H23FN2O2/c1-24-16-10-8-14(9-11-16)13-18(21)19(23)22-12-4-6-15-5-2-3-7-17(15)20/h2-3,5,7-11,18H,4,6,12-13,21H2,1H3,(H,22,23). The van der Waals surface area contributed by atoms with Gasteiger partial charge < -0.3 is 15.8 Å². The van der Waals surface area contributed by atoms with Gasteiger partial charge in [0.15, 0.2) is 0 Å². The fourth-order valence-corrected chi connectivity index (χ4v) is 2.43. The first kappa shape index (κ1) is 17.9. The van der Waals surface area contributed by atoms with Gasteiger partial charge in [-0.15, -0.1) is 0 Å². The molecule has 2 rings (SSSR count). The van der Waals surface area contributed by atoms with Gasteiger partial charge in [-0.05, 0) is 48.6 Å². The molecule has 0 saturated heterocycles. The lowest BCUT2D eigenvalue weighted by Gasteiger charge is -2.13. The molecule has 2 aromatic carbocycles. The van der Waals surface area contributed by atoms with E-state index in [4.69, 9.17) is 10.5 Å². The van der Waals surface area contributed by atoms with E-state index in [0.29, 0.717) is 31.4 Å². The third kappa shape index (κ3) is 5.35. The van der Waals surface area contributed by atoms with Crippen LogP contribution in [-0.2, 0) is 17.6 Å². The number of hydrogen-bond donors (Lipinski definition) is 2. The van der Waals surface area contributed by atoms with Crippen molar-refractivity contribution in [1.82, 2.24) is 5.32 Å². The van der Waals surface area contributed by atoms with Gasteiger partial charge in [-0.2, -0.15) is 0 Å². The molecule has 24 heavy (non-hydrogen) atoms. The summed E-state index contributed by atoms with van der Waals surface area (Å²) in [5.41, 5.74) is 7.57. The Hall–Kier alpha value is -2.40. The SMILES string of the molecule is COc1ccc(CC(N)C(=O)NCCCc2ccccc2F)cc1. The maximum Gasteiger partial charge on any atom is 0.237 e. The molecular weight excluding hydrogens is 307 g/mol. The van der Waals surface area contributed by atoms with Crippen LogP contribution in [0.1, 0.15) is 17.5 Å². The summed E-state index contributed by atoms with van der Waals surface area (Å²) in [5, 5.41) is 2.80. The normalized spacial score (nSPS) is 11.8. The summed E-state index contributed by atoms with van der Waals surface area (Å²) < 4.78 is 18.6. The van der Waals surface area contributed by atoms with Crippen LogP contribution in [0.5, 0.6) is 5.75 Å². The lowest BCUT2D eigenvalue weighted by atomic mass is 10.1. The number of nitrogens with one attached hydrogen (secondary N) is 1. The summed E-state index contributed by atoms with van der Waals surface area (Å²) in [7, 11) is 1.61. The predicted molar refractivity (Wildman–Crippen MR) is 92.4 cm³/mol. The fraction of sp³-hybridized carbons (Fsp3) is 0.316. The minimum absolute atomic E-state index is 0.195. The minimum atomic E-state index is -0.605. The van der Waals surface area contributed by atoms with Gasteiger partial charge in [-0.1, -0.05) is 30.3 Å². The van der Waals surface area contributed by atoms with E-state index in [0.717, 1.165) is 11.3 Å². The van der Waals surface area contributed by atoms with E-state index >= 15 is 0 Å². The average molecular weight is 330 g/mol. The second-order valence-electron chi connectivity index (χ2n) is 5.64. The Morgan fingerprint density at radius 3 is 2.58 bits per heavy atom. The molecule has 0 saturated carbocycles. The van der Waals surface area contributed by atoms with Gasteiger partial charge >= 0.3 is 0 Å². The largest absolute Gasteiger partial charge is 0.497 e. The third-order valence-electron chi connectivity index (χ3n) is 3.83. The molecule has 0 spiro atoms. The van der Waals surface area contributed by atoms with Crippen molar-refractivity contribution in [1.29, 1.82) is 0 Å². The van der Waals surface area contributed by atoms with E-state index in [1.54, 1.807) is 19.2 Å². The molecule has 0 aliphatic heterocycles. The van der Waals surface area contributed by atoms with Crippen molar-refractivity contribution < 1.29 is 13.9 Å². The van der Waals surface area contributed by atoms with Gasteiger partial charge in [0.1, 0.15) is 11.6 Å². The van der Waals surface area contributed by atoms with E-state index in [9.17, 15) is 9.18 Å². The fourth-order valence-electron chi connectivity index (χ4n) is 2.43. The number of ether oxygens (including phenoxy) is 1. The van der Waals surface area contributed by atoms with Crippen LogP contribution in [0.25, 0.3) is 0 Å². The Morgan fingerprint density at radius 2 is 1.92 bits per heavy atom. The molecule has 1 amide bonds. The predicted octanol–water partition coefficient (Wildman–Crippen LogP) is 2.45. The van der Waals surface area contributed by atoms with Crippen LogP contribution in [0.3, 0.4) is 0 Å². The molecule has 1 atom stereocenters. The minimum Gasteiger partial charge on any atom is -0.497 e. The summed E-state index contributed by atoms with van der Waals surface area (Å²) >= 11 is 0. The summed E-state index contributed by atoms with van der Waals surface area (Å²) in [6.45, 7) is 0.476. The quantitative estimate of drug-likeness (QED) is 0.731. The number of benzene rings is 2. The van der Waals surface area contributed by atoms with Crippen molar-refractivity contribution in [3.05, 3.63) is 65.5 Å². The third-order valence-corrected chi connectivity index (χ3v) is 3.83. The van der Waals surface area contributed by atoms with Gasteiger partial charge in [-0.3, -0.25) is 4.79 Å². The van der Waals surface area contributed by atoms with E-state index in [-0.39, 0.29) is 11.7 Å². The van der Waals surface area contributed by atoms with Gasteiger partial charge in [0.25, 0.3) is 0 Å². The van der Waals surface area contributed by atoms with Crippen molar-refractivity contribution >= 4 is 5.91 Å². The second-order valence-corrected chi connectivity index (χ2v) is 5.64. The number of nitrogens with two attached hydrogens (primary N) is 1. The first-order valence-electron chi connectivity index (χ1n) is 8.00. The molecule has 2 aromatic rings. The van der Waals surface area contributed by atoms with Crippen LogP contribution in [0.2, 0.25) is 0 Å². The number of carbonyl (C=O) groups excluding carboxylic acids is 1. The van der Waals surface area contributed by atoms with Crippen molar-refractivity contribution in [2.24, 2.45) is 5.73 Å². The van der Waals surface area contributed by atoms with Gasteiger partial charge in [0, 0.05) is 6.54 Å². The zero-order valence-corrected chi connectivity index (χ0v) is 13.8. The highest BCUT2D eigenvalue weighted by Crippen LogP contribution is 2.12. The summed E-state index contributed by atoms with van der Waals surface area (Å²) in [6, 6.07) is 13.5. The maximum absolute atomic E-state index is 13.5. The van der Waals surface area contributed by atoms with Crippen LogP contribution < -0.4 is 15.8 Å². The number of rotatable bonds is 8. The highest BCUT2D eigenvalue weighted by molar-refractivity contribution is 5.81. The Bertz CT molecular complexity index is 659. The average Bonchev–Trinajstić information content (AvgIpc) is 2.60. The molecule has 0 aromatic heterocycles. The lowest BCUT2D eigenvalue weighted by Crippen LogP contribution is -2.42. The van der Waals surface area contributed by atoms with Crippen molar-refractivity contribution in [3.8, 4) is 5.75 Å². The molecule has 128 valence electrons. The molecule has 0 fully saturated rings. The van der Waals surface area contributed by atoms with E-state index in [1.807, 2.05) is 30.3 Å². The maximum atomic E-state index is 13.5. The molecule has 0 aliphatic carbocycles. The second kappa shape index (κ2) is 9.03. The van der Waals surface area contributed by atoms with Crippen LogP contribution in [-0.4, -0.2) is 25.6 Å². The van der Waals surface area contributed by atoms with E-state index in [1.165, 1.54) is 6.07 Å². The van der Waals surface area contributed by atoms with Crippen molar-refractivity contribution in [2.75, 3.05) is 13.7 Å². The molecule has 3 N–H and O–H groups in total. The lowest BCUT2D eigenvalue weighted by molar-refractivity contribution is -0.122.